The number of H-pyrrole nitrogens is 2. The number of benzene rings is 2. The Hall–Kier alpha value is -2.47. The van der Waals surface area contributed by atoms with E-state index in [2.05, 4.69) is 36.1 Å². The Morgan fingerprint density at radius 2 is 1.95 bits per heavy atom. The molecule has 0 radical (unpaired) electrons. The normalized spacial score (nSPS) is 11.3. The summed E-state index contributed by atoms with van der Waals surface area (Å²) < 4.78 is 0.740. The number of rotatable bonds is 3. The Morgan fingerprint density at radius 3 is 2.77 bits per heavy atom. The minimum Gasteiger partial charge on any atom is -0.335 e. The van der Waals surface area contributed by atoms with Gasteiger partial charge >= 0.3 is 0 Å². The van der Waals surface area contributed by atoms with Crippen LogP contribution in [0.3, 0.4) is 0 Å². The van der Waals surface area contributed by atoms with E-state index in [0.29, 0.717) is 12.2 Å². The van der Waals surface area contributed by atoms with Gasteiger partial charge in [-0.05, 0) is 33.6 Å². The monoisotopic (exact) mass is 354 g/mol. The average molecular weight is 355 g/mol. The zero-order valence-electron chi connectivity index (χ0n) is 11.4. The second-order valence-electron chi connectivity index (χ2n) is 5.10. The number of fused-ring (bicyclic) bond motifs is 2. The summed E-state index contributed by atoms with van der Waals surface area (Å²) in [5.74, 6) is 0.360. The van der Waals surface area contributed by atoms with Crippen LogP contribution in [0.4, 0.5) is 0 Å². The smallest absolute Gasteiger partial charge is 0.202 e. The number of halogens is 1. The predicted molar refractivity (Wildman–Crippen MR) is 87.9 cm³/mol. The maximum Gasteiger partial charge on any atom is 0.202 e. The molecule has 4 rings (SSSR count). The van der Waals surface area contributed by atoms with Crippen LogP contribution in [0.5, 0.6) is 0 Å². The molecule has 0 aliphatic rings. The van der Waals surface area contributed by atoms with Gasteiger partial charge in [0.1, 0.15) is 4.60 Å². The molecule has 4 aromatic rings. The first-order valence-corrected chi connectivity index (χ1v) is 7.60. The van der Waals surface area contributed by atoms with Crippen LogP contribution in [0.15, 0.2) is 47.1 Å². The fraction of sp³-hybridized carbons (Fsp3) is 0.0625. The Kier molecular flexibility index (Phi) is 3.04. The molecule has 2 N–H and O–H groups in total. The molecule has 0 amide bonds. The van der Waals surface area contributed by atoms with Crippen LogP contribution in [0.1, 0.15) is 16.2 Å². The number of carbonyl (C=O) groups excluding carboxylic acids is 1. The molecule has 0 saturated heterocycles. The van der Waals surface area contributed by atoms with Gasteiger partial charge in [0.15, 0.2) is 5.82 Å². The molecule has 0 atom stereocenters. The van der Waals surface area contributed by atoms with E-state index >= 15 is 0 Å². The predicted octanol–water partition coefficient (Wildman–Crippen LogP) is 3.63. The Labute approximate surface area is 133 Å². The SMILES string of the molecule is O=C(Cc1ccccc1)c1nc2cc3c(Br)n[nH]c3cc2[nH]1. The first kappa shape index (κ1) is 13.2. The van der Waals surface area contributed by atoms with Crippen LogP contribution >= 0.6 is 15.9 Å². The lowest BCUT2D eigenvalue weighted by Crippen LogP contribution is -2.05. The van der Waals surface area contributed by atoms with Crippen molar-refractivity contribution < 1.29 is 4.79 Å². The fourth-order valence-electron chi connectivity index (χ4n) is 2.49. The molecule has 5 nitrogen and oxygen atoms in total. The van der Waals surface area contributed by atoms with E-state index in [-0.39, 0.29) is 5.78 Å². The molecule has 6 heteroatoms. The number of nitrogens with one attached hydrogen (secondary N) is 2. The number of ketones is 1. The first-order valence-electron chi connectivity index (χ1n) is 6.81. The van der Waals surface area contributed by atoms with Gasteiger partial charge in [0.2, 0.25) is 5.78 Å². The summed E-state index contributed by atoms with van der Waals surface area (Å²) in [6, 6.07) is 13.5. The van der Waals surface area contributed by atoms with Crippen molar-refractivity contribution in [2.24, 2.45) is 0 Å². The molecular formula is C16H11BrN4O. The summed E-state index contributed by atoms with van der Waals surface area (Å²) in [7, 11) is 0. The lowest BCUT2D eigenvalue weighted by Gasteiger charge is -1.97. The maximum absolute atomic E-state index is 12.4. The topological polar surface area (TPSA) is 74.4 Å². The quantitative estimate of drug-likeness (QED) is 0.551. The van der Waals surface area contributed by atoms with Gasteiger partial charge in [-0.25, -0.2) is 4.98 Å². The molecule has 2 heterocycles. The molecule has 2 aromatic heterocycles. The number of aromatic nitrogens is 4. The molecule has 0 aliphatic carbocycles. The maximum atomic E-state index is 12.4. The molecule has 0 spiro atoms. The van der Waals surface area contributed by atoms with E-state index < -0.39 is 0 Å². The van der Waals surface area contributed by atoms with E-state index in [1.54, 1.807) is 0 Å². The van der Waals surface area contributed by atoms with Crippen molar-refractivity contribution in [1.82, 2.24) is 20.2 Å². The first-order chi connectivity index (χ1) is 10.7. The molecule has 0 aliphatic heterocycles. The largest absolute Gasteiger partial charge is 0.335 e. The number of hydrogen-bond donors (Lipinski definition) is 2. The third kappa shape index (κ3) is 2.21. The van der Waals surface area contributed by atoms with Gasteiger partial charge in [-0.3, -0.25) is 9.89 Å². The van der Waals surface area contributed by atoms with Crippen LogP contribution in [0.2, 0.25) is 0 Å². The number of hydrogen-bond acceptors (Lipinski definition) is 3. The van der Waals surface area contributed by atoms with Crippen molar-refractivity contribution in [1.29, 1.82) is 0 Å². The minimum atomic E-state index is -0.0248. The zero-order chi connectivity index (χ0) is 15.1. The number of imidazole rings is 1. The summed E-state index contributed by atoms with van der Waals surface area (Å²) in [5.41, 5.74) is 3.45. The summed E-state index contributed by atoms with van der Waals surface area (Å²) in [4.78, 5) is 19.9. The summed E-state index contributed by atoms with van der Waals surface area (Å²) >= 11 is 3.39. The van der Waals surface area contributed by atoms with E-state index in [1.165, 1.54) is 0 Å². The second-order valence-corrected chi connectivity index (χ2v) is 5.85. The lowest BCUT2D eigenvalue weighted by atomic mass is 10.1. The summed E-state index contributed by atoms with van der Waals surface area (Å²) in [6.45, 7) is 0. The third-order valence-corrected chi connectivity index (χ3v) is 4.19. The van der Waals surface area contributed by atoms with Gasteiger partial charge in [0.25, 0.3) is 0 Å². The van der Waals surface area contributed by atoms with Crippen molar-refractivity contribution in [3.8, 4) is 0 Å². The zero-order valence-corrected chi connectivity index (χ0v) is 13.0. The van der Waals surface area contributed by atoms with E-state index in [9.17, 15) is 4.79 Å². The van der Waals surface area contributed by atoms with Crippen molar-refractivity contribution in [3.63, 3.8) is 0 Å². The van der Waals surface area contributed by atoms with Crippen LogP contribution in [0.25, 0.3) is 21.9 Å². The number of carbonyl (C=O) groups is 1. The van der Waals surface area contributed by atoms with Crippen LogP contribution in [-0.2, 0) is 6.42 Å². The number of nitrogens with zero attached hydrogens (tertiary/aromatic N) is 2. The molecule has 108 valence electrons. The Morgan fingerprint density at radius 1 is 1.14 bits per heavy atom. The molecule has 0 fully saturated rings. The van der Waals surface area contributed by atoms with E-state index in [0.717, 1.165) is 32.1 Å². The Bertz CT molecular complexity index is 987. The second kappa shape index (κ2) is 5.06. The van der Waals surface area contributed by atoms with Crippen LogP contribution in [0, 0.1) is 0 Å². The highest BCUT2D eigenvalue weighted by Crippen LogP contribution is 2.25. The van der Waals surface area contributed by atoms with Crippen LogP contribution < -0.4 is 0 Å². The number of Topliss-reactive ketones (excluding diaryl/α,β-unsaturated/α-hetero) is 1. The van der Waals surface area contributed by atoms with Gasteiger partial charge < -0.3 is 4.98 Å². The number of aromatic amines is 2. The standard InChI is InChI=1S/C16H11BrN4O/c17-15-10-7-12-13(8-11(10)20-21-15)19-16(18-12)14(22)6-9-4-2-1-3-5-9/h1-5,7-8H,6H2,(H,18,19)(H,20,21). The molecular weight excluding hydrogens is 344 g/mol. The van der Waals surface area contributed by atoms with Crippen molar-refractivity contribution in [3.05, 3.63) is 58.5 Å². The summed E-state index contributed by atoms with van der Waals surface area (Å²) in [6.07, 6.45) is 0.337. The van der Waals surface area contributed by atoms with Gasteiger partial charge in [0.05, 0.1) is 16.6 Å². The van der Waals surface area contributed by atoms with Crippen molar-refractivity contribution in [2.45, 2.75) is 6.42 Å². The molecule has 0 bridgehead atoms. The molecule has 2 aromatic carbocycles. The van der Waals surface area contributed by atoms with E-state index in [4.69, 9.17) is 0 Å². The third-order valence-electron chi connectivity index (χ3n) is 3.59. The highest BCUT2D eigenvalue weighted by atomic mass is 79.9. The lowest BCUT2D eigenvalue weighted by molar-refractivity contribution is 0.0984. The molecule has 0 saturated carbocycles. The van der Waals surface area contributed by atoms with Gasteiger partial charge in [-0.2, -0.15) is 5.10 Å². The summed E-state index contributed by atoms with van der Waals surface area (Å²) in [5, 5.41) is 7.97. The van der Waals surface area contributed by atoms with Gasteiger partial charge in [-0.1, -0.05) is 30.3 Å². The molecule has 22 heavy (non-hydrogen) atoms. The highest BCUT2D eigenvalue weighted by molar-refractivity contribution is 9.10. The van der Waals surface area contributed by atoms with Crippen LogP contribution in [-0.4, -0.2) is 25.9 Å². The molecule has 0 unspecified atom stereocenters. The van der Waals surface area contributed by atoms with E-state index in [1.807, 2.05) is 42.5 Å². The van der Waals surface area contributed by atoms with Gasteiger partial charge in [-0.15, -0.1) is 0 Å². The minimum absolute atomic E-state index is 0.0248. The van der Waals surface area contributed by atoms with Crippen molar-refractivity contribution >= 4 is 43.6 Å². The highest BCUT2D eigenvalue weighted by Gasteiger charge is 2.14. The average Bonchev–Trinajstić information content (AvgIpc) is 3.10. The Balaban J connectivity index is 1.72. The fourth-order valence-corrected chi connectivity index (χ4v) is 2.90. The van der Waals surface area contributed by atoms with Crippen molar-refractivity contribution in [2.75, 3.05) is 0 Å². The van der Waals surface area contributed by atoms with Gasteiger partial charge in [0, 0.05) is 11.8 Å².